The van der Waals surface area contributed by atoms with Gasteiger partial charge in [0.1, 0.15) is 11.8 Å². The van der Waals surface area contributed by atoms with Gasteiger partial charge in [-0.3, -0.25) is 4.79 Å². The minimum atomic E-state index is -0.382. The van der Waals surface area contributed by atoms with Gasteiger partial charge in [-0.2, -0.15) is 0 Å². The van der Waals surface area contributed by atoms with E-state index in [1.165, 1.54) is 0 Å². The molecule has 0 spiro atoms. The Kier molecular flexibility index (Phi) is 6.68. The van der Waals surface area contributed by atoms with Crippen LogP contribution in [0.4, 0.5) is 5.69 Å². The fraction of sp³-hybridized carbons (Fsp3) is 0.208. The van der Waals surface area contributed by atoms with Crippen molar-refractivity contribution in [2.75, 3.05) is 11.9 Å². The molecule has 0 unspecified atom stereocenters. The van der Waals surface area contributed by atoms with Gasteiger partial charge in [0.05, 0.1) is 12.6 Å². The van der Waals surface area contributed by atoms with E-state index < -0.39 is 0 Å². The van der Waals surface area contributed by atoms with E-state index >= 15 is 0 Å². The molecule has 1 amide bonds. The van der Waals surface area contributed by atoms with Crippen molar-refractivity contribution in [3.8, 4) is 5.75 Å². The Morgan fingerprint density at radius 2 is 1.39 bits per heavy atom. The minimum Gasteiger partial charge on any atom is -0.494 e. The third-order valence-corrected chi connectivity index (χ3v) is 4.49. The highest BCUT2D eigenvalue weighted by molar-refractivity contribution is 5.85. The predicted molar refractivity (Wildman–Crippen MR) is 114 cm³/mol. The minimum absolute atomic E-state index is 0.0633. The van der Waals surface area contributed by atoms with Crippen LogP contribution in [0.25, 0.3) is 0 Å². The molecule has 0 radical (unpaired) electrons. The van der Waals surface area contributed by atoms with Crippen molar-refractivity contribution in [2.24, 2.45) is 0 Å². The summed E-state index contributed by atoms with van der Waals surface area (Å²) in [7, 11) is 0. The number of benzene rings is 3. The Balaban J connectivity index is 1.71. The molecule has 3 aromatic rings. The molecular formula is C24H26N2O2. The highest BCUT2D eigenvalue weighted by Crippen LogP contribution is 2.22. The zero-order chi connectivity index (χ0) is 19.8. The van der Waals surface area contributed by atoms with Gasteiger partial charge in [-0.05, 0) is 49.2 Å². The Morgan fingerprint density at radius 1 is 0.857 bits per heavy atom. The molecule has 28 heavy (non-hydrogen) atoms. The van der Waals surface area contributed by atoms with Gasteiger partial charge in [0.15, 0.2) is 0 Å². The van der Waals surface area contributed by atoms with Crippen molar-refractivity contribution in [2.45, 2.75) is 25.9 Å². The molecule has 1 atom stereocenters. The normalized spacial score (nSPS) is 11.7. The summed E-state index contributed by atoms with van der Waals surface area (Å²) in [5.74, 6) is 0.755. The molecule has 144 valence electrons. The van der Waals surface area contributed by atoms with E-state index in [2.05, 4.69) is 10.6 Å². The van der Waals surface area contributed by atoms with Crippen molar-refractivity contribution >= 4 is 11.6 Å². The van der Waals surface area contributed by atoms with Crippen molar-refractivity contribution in [3.63, 3.8) is 0 Å². The first kappa shape index (κ1) is 19.5. The Labute approximate surface area is 166 Å². The summed E-state index contributed by atoms with van der Waals surface area (Å²) >= 11 is 0. The lowest BCUT2D eigenvalue weighted by Crippen LogP contribution is -2.40. The van der Waals surface area contributed by atoms with E-state index in [9.17, 15) is 4.79 Å². The third kappa shape index (κ3) is 5.13. The highest BCUT2D eigenvalue weighted by Gasteiger charge is 2.20. The molecule has 0 heterocycles. The summed E-state index contributed by atoms with van der Waals surface area (Å²) < 4.78 is 5.46. The molecule has 0 saturated carbocycles. The second kappa shape index (κ2) is 9.60. The van der Waals surface area contributed by atoms with E-state index in [4.69, 9.17) is 4.74 Å². The van der Waals surface area contributed by atoms with E-state index in [-0.39, 0.29) is 18.0 Å². The van der Waals surface area contributed by atoms with E-state index in [0.29, 0.717) is 6.61 Å². The molecule has 4 nitrogen and oxygen atoms in total. The molecule has 0 fully saturated rings. The van der Waals surface area contributed by atoms with Crippen molar-refractivity contribution in [1.82, 2.24) is 5.32 Å². The number of hydrogen-bond donors (Lipinski definition) is 2. The second-order valence-electron chi connectivity index (χ2n) is 6.59. The lowest BCUT2D eigenvalue weighted by molar-refractivity contribution is -0.122. The first-order valence-corrected chi connectivity index (χ1v) is 9.57. The smallest absolute Gasteiger partial charge is 0.242 e. The number of nitrogens with one attached hydrogen (secondary N) is 2. The molecule has 0 aliphatic rings. The Bertz CT molecular complexity index is 825. The number of amides is 1. The van der Waals surface area contributed by atoms with E-state index in [1.807, 2.05) is 98.8 Å². The van der Waals surface area contributed by atoms with Crippen LogP contribution in [0.5, 0.6) is 5.75 Å². The van der Waals surface area contributed by atoms with Crippen LogP contribution in [0.1, 0.15) is 31.0 Å². The zero-order valence-electron chi connectivity index (χ0n) is 16.3. The number of anilines is 1. The van der Waals surface area contributed by atoms with Gasteiger partial charge in [-0.15, -0.1) is 0 Å². The maximum atomic E-state index is 12.9. The molecule has 0 aliphatic carbocycles. The lowest BCUT2D eigenvalue weighted by Gasteiger charge is -2.23. The molecule has 2 N–H and O–H groups in total. The molecule has 0 saturated heterocycles. The fourth-order valence-electron chi connectivity index (χ4n) is 3.05. The molecule has 4 heteroatoms. The fourth-order valence-corrected chi connectivity index (χ4v) is 3.05. The summed E-state index contributed by atoms with van der Waals surface area (Å²) in [6.07, 6.45) is 0. The first-order chi connectivity index (χ1) is 13.7. The average Bonchev–Trinajstić information content (AvgIpc) is 2.74. The number of carbonyl (C=O) groups excluding carboxylic acids is 1. The standard InChI is InChI=1S/C24H26N2O2/c1-3-28-22-16-14-21(15-17-22)25-18(2)24(27)26-23(19-10-6-4-7-11-19)20-12-8-5-9-13-20/h4-18,23,25H,3H2,1-2H3,(H,26,27)/t18-/m1/s1. The van der Waals surface area contributed by atoms with E-state index in [0.717, 1.165) is 22.6 Å². The number of carbonyl (C=O) groups is 1. The van der Waals surface area contributed by atoms with Crippen LogP contribution < -0.4 is 15.4 Å². The largest absolute Gasteiger partial charge is 0.494 e. The lowest BCUT2D eigenvalue weighted by atomic mass is 9.98. The summed E-state index contributed by atoms with van der Waals surface area (Å²) in [4.78, 5) is 12.9. The molecule has 0 aliphatic heterocycles. The average molecular weight is 374 g/mol. The van der Waals surface area contributed by atoms with Crippen LogP contribution in [0.15, 0.2) is 84.9 Å². The van der Waals surface area contributed by atoms with Gasteiger partial charge in [-0.1, -0.05) is 60.7 Å². The molecular weight excluding hydrogens is 348 g/mol. The van der Waals surface area contributed by atoms with Crippen LogP contribution in [-0.4, -0.2) is 18.6 Å². The number of rotatable bonds is 8. The van der Waals surface area contributed by atoms with Gasteiger partial charge < -0.3 is 15.4 Å². The monoisotopic (exact) mass is 374 g/mol. The van der Waals surface area contributed by atoms with Gasteiger partial charge in [0.2, 0.25) is 5.91 Å². The SMILES string of the molecule is CCOc1ccc(N[C@H](C)C(=O)NC(c2ccccc2)c2ccccc2)cc1. The number of hydrogen-bond acceptors (Lipinski definition) is 3. The quantitative estimate of drug-likeness (QED) is 0.596. The van der Waals surface area contributed by atoms with Crippen LogP contribution in [-0.2, 0) is 4.79 Å². The summed E-state index contributed by atoms with van der Waals surface area (Å²) in [6.45, 7) is 4.44. The predicted octanol–water partition coefficient (Wildman–Crippen LogP) is 4.79. The molecule has 3 rings (SSSR count). The topological polar surface area (TPSA) is 50.4 Å². The van der Waals surface area contributed by atoms with Gasteiger partial charge in [-0.25, -0.2) is 0 Å². The second-order valence-corrected chi connectivity index (χ2v) is 6.59. The Hall–Kier alpha value is -3.27. The summed E-state index contributed by atoms with van der Waals surface area (Å²) in [6, 6.07) is 27.1. The summed E-state index contributed by atoms with van der Waals surface area (Å²) in [5.41, 5.74) is 2.98. The maximum absolute atomic E-state index is 12.9. The number of ether oxygens (including phenoxy) is 1. The van der Waals surface area contributed by atoms with E-state index in [1.54, 1.807) is 0 Å². The molecule has 0 bridgehead atoms. The van der Waals surface area contributed by atoms with Crippen LogP contribution >= 0.6 is 0 Å². The maximum Gasteiger partial charge on any atom is 0.242 e. The van der Waals surface area contributed by atoms with Crippen LogP contribution in [0.3, 0.4) is 0 Å². The van der Waals surface area contributed by atoms with Crippen LogP contribution in [0, 0.1) is 0 Å². The van der Waals surface area contributed by atoms with Crippen molar-refractivity contribution in [1.29, 1.82) is 0 Å². The Morgan fingerprint density at radius 3 is 1.89 bits per heavy atom. The van der Waals surface area contributed by atoms with Crippen LogP contribution in [0.2, 0.25) is 0 Å². The third-order valence-electron chi connectivity index (χ3n) is 4.49. The zero-order valence-corrected chi connectivity index (χ0v) is 16.3. The first-order valence-electron chi connectivity index (χ1n) is 9.57. The van der Waals surface area contributed by atoms with Gasteiger partial charge in [0.25, 0.3) is 0 Å². The molecule has 3 aromatic carbocycles. The summed E-state index contributed by atoms with van der Waals surface area (Å²) in [5, 5.41) is 6.43. The highest BCUT2D eigenvalue weighted by atomic mass is 16.5. The van der Waals surface area contributed by atoms with Gasteiger partial charge >= 0.3 is 0 Å². The van der Waals surface area contributed by atoms with Gasteiger partial charge in [0, 0.05) is 5.69 Å². The van der Waals surface area contributed by atoms with Crippen molar-refractivity contribution < 1.29 is 9.53 Å². The molecule has 0 aromatic heterocycles. The van der Waals surface area contributed by atoms with Crippen molar-refractivity contribution in [3.05, 3.63) is 96.1 Å².